The second-order valence-corrected chi connectivity index (χ2v) is 6.70. The maximum atomic E-state index is 5.23. The molecule has 0 saturated heterocycles. The number of aliphatic imine (C=N–C) groups is 1. The van der Waals surface area contributed by atoms with Crippen LogP contribution in [0.3, 0.4) is 0 Å². The Balaban J connectivity index is 0.00000364. The quantitative estimate of drug-likeness (QED) is 0.294. The molecule has 1 aliphatic rings. The van der Waals surface area contributed by atoms with E-state index in [2.05, 4.69) is 41.2 Å². The maximum Gasteiger partial charge on any atom is 0.194 e. The van der Waals surface area contributed by atoms with Crippen LogP contribution in [0.5, 0.6) is 5.75 Å². The van der Waals surface area contributed by atoms with Gasteiger partial charge in [-0.15, -0.1) is 24.0 Å². The third-order valence-electron chi connectivity index (χ3n) is 4.57. The minimum Gasteiger partial charge on any atom is -0.497 e. The smallest absolute Gasteiger partial charge is 0.194 e. The molecule has 2 rings (SSSR count). The first kappa shape index (κ1) is 24.0. The largest absolute Gasteiger partial charge is 0.497 e. The third kappa shape index (κ3) is 8.66. The number of hydrogen-bond acceptors (Lipinski definition) is 4. The van der Waals surface area contributed by atoms with Crippen LogP contribution in [-0.2, 0) is 11.3 Å². The molecular formula is C20H35IN4O2. The van der Waals surface area contributed by atoms with Gasteiger partial charge in [-0.05, 0) is 37.5 Å². The van der Waals surface area contributed by atoms with Gasteiger partial charge < -0.3 is 19.7 Å². The average molecular weight is 490 g/mol. The summed E-state index contributed by atoms with van der Waals surface area (Å²) < 4.78 is 10.5. The van der Waals surface area contributed by atoms with Crippen LogP contribution in [0.1, 0.15) is 25.3 Å². The molecule has 27 heavy (non-hydrogen) atoms. The van der Waals surface area contributed by atoms with Crippen LogP contribution in [0.15, 0.2) is 29.3 Å². The minimum atomic E-state index is 0. The van der Waals surface area contributed by atoms with Crippen molar-refractivity contribution >= 4 is 29.9 Å². The maximum absolute atomic E-state index is 5.23. The van der Waals surface area contributed by atoms with Gasteiger partial charge in [0, 0.05) is 46.4 Å². The lowest BCUT2D eigenvalue weighted by molar-refractivity contribution is 0.145. The molecule has 1 aromatic rings. The Morgan fingerprint density at radius 2 is 1.89 bits per heavy atom. The highest BCUT2D eigenvalue weighted by Crippen LogP contribution is 2.26. The molecule has 0 aliphatic heterocycles. The Hall–Kier alpha value is -1.06. The topological polar surface area (TPSA) is 49.3 Å². The Kier molecular flexibility index (Phi) is 11.7. The van der Waals surface area contributed by atoms with E-state index in [1.165, 1.54) is 18.4 Å². The number of nitrogens with zero attached hydrogens (tertiary/aromatic N) is 3. The van der Waals surface area contributed by atoms with Crippen molar-refractivity contribution in [2.24, 2.45) is 4.99 Å². The van der Waals surface area contributed by atoms with Crippen LogP contribution in [-0.4, -0.2) is 75.9 Å². The number of guanidine groups is 1. The highest BCUT2D eigenvalue weighted by molar-refractivity contribution is 14.0. The predicted octanol–water partition coefficient (Wildman–Crippen LogP) is 2.82. The van der Waals surface area contributed by atoms with E-state index < -0.39 is 0 Å². The number of ether oxygens (including phenoxy) is 2. The summed E-state index contributed by atoms with van der Waals surface area (Å²) in [5.74, 6) is 1.83. The molecule has 0 spiro atoms. The Morgan fingerprint density at radius 1 is 1.19 bits per heavy atom. The molecule has 0 heterocycles. The van der Waals surface area contributed by atoms with Crippen molar-refractivity contribution in [3.8, 4) is 5.75 Å². The molecule has 7 heteroatoms. The lowest BCUT2D eigenvalue weighted by Gasteiger charge is -2.24. The van der Waals surface area contributed by atoms with Gasteiger partial charge in [0.1, 0.15) is 5.75 Å². The van der Waals surface area contributed by atoms with Crippen molar-refractivity contribution in [3.63, 3.8) is 0 Å². The zero-order valence-corrected chi connectivity index (χ0v) is 19.4. The normalized spacial score (nSPS) is 14.0. The molecular weight excluding hydrogens is 455 g/mol. The standard InChI is InChI=1S/C20H34N4O2.HI/c1-5-21-20(22-12-13-24(14-15-25-3)18-8-9-18)23(2)16-17-6-10-19(26-4)11-7-17;/h6-7,10-11,18H,5,8-9,12-16H2,1-4H3,(H,21,22);1H. The summed E-state index contributed by atoms with van der Waals surface area (Å²) in [6.07, 6.45) is 2.62. The zero-order chi connectivity index (χ0) is 18.8. The number of halogens is 1. The third-order valence-corrected chi connectivity index (χ3v) is 4.57. The fourth-order valence-electron chi connectivity index (χ4n) is 2.96. The predicted molar refractivity (Wildman–Crippen MR) is 122 cm³/mol. The van der Waals surface area contributed by atoms with Crippen molar-refractivity contribution in [3.05, 3.63) is 29.8 Å². The Morgan fingerprint density at radius 3 is 2.44 bits per heavy atom. The van der Waals surface area contributed by atoms with Crippen LogP contribution in [0.25, 0.3) is 0 Å². The monoisotopic (exact) mass is 490 g/mol. The molecule has 0 atom stereocenters. The molecule has 1 fully saturated rings. The fourth-order valence-corrected chi connectivity index (χ4v) is 2.96. The molecule has 1 aromatic carbocycles. The van der Waals surface area contributed by atoms with Crippen LogP contribution in [0.2, 0.25) is 0 Å². The van der Waals surface area contributed by atoms with Gasteiger partial charge in [-0.1, -0.05) is 12.1 Å². The van der Waals surface area contributed by atoms with E-state index in [-0.39, 0.29) is 24.0 Å². The van der Waals surface area contributed by atoms with E-state index in [0.717, 1.165) is 57.1 Å². The van der Waals surface area contributed by atoms with Gasteiger partial charge in [-0.2, -0.15) is 0 Å². The van der Waals surface area contributed by atoms with Gasteiger partial charge in [0.05, 0.1) is 20.3 Å². The summed E-state index contributed by atoms with van der Waals surface area (Å²) in [6, 6.07) is 8.92. The van der Waals surface area contributed by atoms with E-state index >= 15 is 0 Å². The molecule has 0 unspecified atom stereocenters. The number of nitrogens with one attached hydrogen (secondary N) is 1. The molecule has 1 saturated carbocycles. The van der Waals surface area contributed by atoms with Gasteiger partial charge in [0.25, 0.3) is 0 Å². The average Bonchev–Trinajstić information content (AvgIpc) is 3.49. The highest BCUT2D eigenvalue weighted by atomic mass is 127. The van der Waals surface area contributed by atoms with Gasteiger partial charge >= 0.3 is 0 Å². The van der Waals surface area contributed by atoms with Crippen molar-refractivity contribution in [1.82, 2.24) is 15.1 Å². The molecule has 0 amide bonds. The Bertz CT molecular complexity index is 549. The van der Waals surface area contributed by atoms with Crippen LogP contribution in [0, 0.1) is 0 Å². The summed E-state index contributed by atoms with van der Waals surface area (Å²) >= 11 is 0. The lowest BCUT2D eigenvalue weighted by Crippen LogP contribution is -2.39. The summed E-state index contributed by atoms with van der Waals surface area (Å²) in [5, 5.41) is 3.39. The highest BCUT2D eigenvalue weighted by Gasteiger charge is 2.28. The van der Waals surface area contributed by atoms with Crippen molar-refractivity contribution in [2.75, 3.05) is 54.1 Å². The summed E-state index contributed by atoms with van der Waals surface area (Å²) in [6.45, 7) is 7.35. The second kappa shape index (κ2) is 13.2. The molecule has 1 aliphatic carbocycles. The van der Waals surface area contributed by atoms with Gasteiger partial charge in [0.2, 0.25) is 0 Å². The summed E-state index contributed by atoms with van der Waals surface area (Å²) in [5.41, 5.74) is 1.23. The van der Waals surface area contributed by atoms with Crippen LogP contribution in [0.4, 0.5) is 0 Å². The van der Waals surface area contributed by atoms with E-state index in [9.17, 15) is 0 Å². The molecule has 1 N–H and O–H groups in total. The van der Waals surface area contributed by atoms with Crippen molar-refractivity contribution in [2.45, 2.75) is 32.4 Å². The first-order chi connectivity index (χ1) is 12.7. The SMILES string of the molecule is CCNC(=NCCN(CCOC)C1CC1)N(C)Cc1ccc(OC)cc1.I. The first-order valence-electron chi connectivity index (χ1n) is 9.53. The molecule has 0 aromatic heterocycles. The number of benzene rings is 1. The summed E-state index contributed by atoms with van der Waals surface area (Å²) in [7, 11) is 5.53. The lowest BCUT2D eigenvalue weighted by atomic mass is 10.2. The van der Waals surface area contributed by atoms with E-state index in [1.807, 2.05) is 12.1 Å². The van der Waals surface area contributed by atoms with E-state index in [1.54, 1.807) is 14.2 Å². The van der Waals surface area contributed by atoms with Gasteiger partial charge in [-0.3, -0.25) is 9.89 Å². The number of rotatable bonds is 11. The summed E-state index contributed by atoms with van der Waals surface area (Å²) in [4.78, 5) is 9.49. The molecule has 0 bridgehead atoms. The van der Waals surface area contributed by atoms with Gasteiger partial charge in [-0.25, -0.2) is 0 Å². The second-order valence-electron chi connectivity index (χ2n) is 6.70. The Labute approximate surface area is 181 Å². The van der Waals surface area contributed by atoms with Crippen LogP contribution < -0.4 is 10.1 Å². The molecule has 0 radical (unpaired) electrons. The van der Waals surface area contributed by atoms with E-state index in [4.69, 9.17) is 14.5 Å². The van der Waals surface area contributed by atoms with Crippen molar-refractivity contribution < 1.29 is 9.47 Å². The van der Waals surface area contributed by atoms with Gasteiger partial charge in [0.15, 0.2) is 5.96 Å². The minimum absolute atomic E-state index is 0. The molecule has 6 nitrogen and oxygen atoms in total. The van der Waals surface area contributed by atoms with Crippen molar-refractivity contribution in [1.29, 1.82) is 0 Å². The zero-order valence-electron chi connectivity index (χ0n) is 17.1. The van der Waals surface area contributed by atoms with Crippen LogP contribution >= 0.6 is 24.0 Å². The number of methoxy groups -OCH3 is 2. The molecule has 154 valence electrons. The fraction of sp³-hybridized carbons (Fsp3) is 0.650. The first-order valence-corrected chi connectivity index (χ1v) is 9.53. The number of hydrogen-bond donors (Lipinski definition) is 1. The van der Waals surface area contributed by atoms with E-state index in [0.29, 0.717) is 0 Å².